The van der Waals surface area contributed by atoms with Crippen LogP contribution in [-0.2, 0) is 0 Å². The van der Waals surface area contributed by atoms with E-state index in [1.807, 2.05) is 0 Å². The van der Waals surface area contributed by atoms with Crippen LogP contribution in [0.5, 0.6) is 0 Å². The summed E-state index contributed by atoms with van der Waals surface area (Å²) in [7, 11) is 0. The van der Waals surface area contributed by atoms with Crippen LogP contribution in [-0.4, -0.2) is 18.2 Å². The van der Waals surface area contributed by atoms with E-state index in [9.17, 15) is 4.39 Å². The minimum atomic E-state index is -0.297. The summed E-state index contributed by atoms with van der Waals surface area (Å²) in [6, 6.07) is 4.53. The van der Waals surface area contributed by atoms with Gasteiger partial charge < -0.3 is 9.84 Å². The molecule has 3 nitrogen and oxygen atoms in total. The van der Waals surface area contributed by atoms with E-state index in [1.165, 1.54) is 17.7 Å². The zero-order valence-corrected chi connectivity index (χ0v) is 8.66. The number of nitrogens with zero attached hydrogens (tertiary/aromatic N) is 1. The van der Waals surface area contributed by atoms with Crippen LogP contribution in [0.15, 0.2) is 28.8 Å². The van der Waals surface area contributed by atoms with E-state index in [0.29, 0.717) is 5.58 Å². The predicted octanol–water partition coefficient (Wildman–Crippen LogP) is 2.34. The Labute approximate surface area is 91.9 Å². The van der Waals surface area contributed by atoms with Gasteiger partial charge in [0, 0.05) is 18.0 Å². The van der Waals surface area contributed by atoms with Crippen LogP contribution < -0.4 is 5.32 Å². The SMILES string of the molecule is Fc1ccc2c(C3=CCNCC3)noc2c1. The van der Waals surface area contributed by atoms with Crippen molar-refractivity contribution in [2.45, 2.75) is 6.42 Å². The molecule has 82 valence electrons. The highest BCUT2D eigenvalue weighted by Crippen LogP contribution is 2.27. The van der Waals surface area contributed by atoms with E-state index in [1.54, 1.807) is 6.07 Å². The van der Waals surface area contributed by atoms with E-state index >= 15 is 0 Å². The van der Waals surface area contributed by atoms with Crippen LogP contribution in [0.1, 0.15) is 12.1 Å². The molecule has 0 unspecified atom stereocenters. The molecule has 1 N–H and O–H groups in total. The van der Waals surface area contributed by atoms with E-state index in [-0.39, 0.29) is 5.82 Å². The molecule has 0 atom stereocenters. The predicted molar refractivity (Wildman–Crippen MR) is 59.4 cm³/mol. The fraction of sp³-hybridized carbons (Fsp3) is 0.250. The Bertz CT molecular complexity index is 559. The van der Waals surface area contributed by atoms with Crippen molar-refractivity contribution < 1.29 is 8.91 Å². The number of halogens is 1. The Morgan fingerprint density at radius 3 is 3.12 bits per heavy atom. The maximum atomic E-state index is 13.0. The third-order valence-electron chi connectivity index (χ3n) is 2.80. The zero-order valence-electron chi connectivity index (χ0n) is 8.66. The number of fused-ring (bicyclic) bond motifs is 1. The van der Waals surface area contributed by atoms with E-state index in [4.69, 9.17) is 4.52 Å². The first-order valence-electron chi connectivity index (χ1n) is 5.29. The molecule has 0 aliphatic carbocycles. The molecule has 0 radical (unpaired) electrons. The Kier molecular flexibility index (Phi) is 2.22. The van der Waals surface area contributed by atoms with Gasteiger partial charge in [-0.1, -0.05) is 11.2 Å². The van der Waals surface area contributed by atoms with Gasteiger partial charge in [0.15, 0.2) is 5.58 Å². The first-order valence-corrected chi connectivity index (χ1v) is 5.29. The van der Waals surface area contributed by atoms with Crippen molar-refractivity contribution in [2.24, 2.45) is 0 Å². The number of nitrogens with one attached hydrogen (secondary N) is 1. The van der Waals surface area contributed by atoms with Crippen LogP contribution in [0.25, 0.3) is 16.5 Å². The number of hydrogen-bond donors (Lipinski definition) is 1. The molecule has 2 aromatic rings. The second kappa shape index (κ2) is 3.72. The first kappa shape index (κ1) is 9.54. The summed E-state index contributed by atoms with van der Waals surface area (Å²) < 4.78 is 18.1. The Hall–Kier alpha value is -1.68. The summed E-state index contributed by atoms with van der Waals surface area (Å²) in [5.74, 6) is -0.297. The monoisotopic (exact) mass is 218 g/mol. The van der Waals surface area contributed by atoms with Gasteiger partial charge in [-0.15, -0.1) is 0 Å². The second-order valence-electron chi connectivity index (χ2n) is 3.86. The maximum Gasteiger partial charge on any atom is 0.170 e. The second-order valence-corrected chi connectivity index (χ2v) is 3.86. The topological polar surface area (TPSA) is 38.1 Å². The third kappa shape index (κ3) is 1.51. The molecular weight excluding hydrogens is 207 g/mol. The van der Waals surface area contributed by atoms with Gasteiger partial charge in [-0.05, 0) is 30.7 Å². The molecule has 1 aromatic heterocycles. The number of benzene rings is 1. The average molecular weight is 218 g/mol. The van der Waals surface area contributed by atoms with Crippen LogP contribution >= 0.6 is 0 Å². The maximum absolute atomic E-state index is 13.0. The molecule has 16 heavy (non-hydrogen) atoms. The highest BCUT2D eigenvalue weighted by molar-refractivity contribution is 5.89. The molecular formula is C12H11FN2O. The van der Waals surface area contributed by atoms with Crippen LogP contribution in [0, 0.1) is 5.82 Å². The standard InChI is InChI=1S/C12H11FN2O/c13-9-1-2-10-11(7-9)16-15-12(10)8-3-5-14-6-4-8/h1-3,7,14H,4-6H2. The smallest absolute Gasteiger partial charge is 0.170 e. The summed E-state index contributed by atoms with van der Waals surface area (Å²) in [5.41, 5.74) is 2.52. The van der Waals surface area contributed by atoms with Crippen LogP contribution in [0.4, 0.5) is 4.39 Å². The molecule has 3 rings (SSSR count). The summed E-state index contributed by atoms with van der Waals surface area (Å²) >= 11 is 0. The molecule has 0 spiro atoms. The molecule has 0 saturated carbocycles. The number of aromatic nitrogens is 1. The van der Waals surface area contributed by atoms with Gasteiger partial charge in [0.1, 0.15) is 11.5 Å². The van der Waals surface area contributed by atoms with Gasteiger partial charge in [0.25, 0.3) is 0 Å². The minimum absolute atomic E-state index is 0.297. The largest absolute Gasteiger partial charge is 0.356 e. The minimum Gasteiger partial charge on any atom is -0.356 e. The molecule has 1 aliphatic rings. The number of rotatable bonds is 1. The van der Waals surface area contributed by atoms with Gasteiger partial charge in [0.05, 0.1) is 0 Å². The van der Waals surface area contributed by atoms with E-state index < -0.39 is 0 Å². The first-order chi connectivity index (χ1) is 7.84. The van der Waals surface area contributed by atoms with Gasteiger partial charge in [-0.3, -0.25) is 0 Å². The van der Waals surface area contributed by atoms with Crippen molar-refractivity contribution in [1.82, 2.24) is 10.5 Å². The van der Waals surface area contributed by atoms with Gasteiger partial charge >= 0.3 is 0 Å². The van der Waals surface area contributed by atoms with Gasteiger partial charge in [-0.25, -0.2) is 4.39 Å². The third-order valence-corrected chi connectivity index (χ3v) is 2.80. The van der Waals surface area contributed by atoms with Gasteiger partial charge in [-0.2, -0.15) is 0 Å². The Morgan fingerprint density at radius 1 is 1.38 bits per heavy atom. The fourth-order valence-electron chi connectivity index (χ4n) is 1.98. The quantitative estimate of drug-likeness (QED) is 0.798. The lowest BCUT2D eigenvalue weighted by Gasteiger charge is -2.11. The van der Waals surface area contributed by atoms with Crippen molar-refractivity contribution >= 4 is 16.5 Å². The molecule has 1 aliphatic heterocycles. The molecule has 2 heterocycles. The van der Waals surface area contributed by atoms with Crippen molar-refractivity contribution in [1.29, 1.82) is 0 Å². The van der Waals surface area contributed by atoms with Crippen molar-refractivity contribution in [3.8, 4) is 0 Å². The summed E-state index contributed by atoms with van der Waals surface area (Å²) in [6.07, 6.45) is 3.03. The van der Waals surface area contributed by atoms with Crippen molar-refractivity contribution in [2.75, 3.05) is 13.1 Å². The van der Waals surface area contributed by atoms with Crippen LogP contribution in [0.2, 0.25) is 0 Å². The lowest BCUT2D eigenvalue weighted by molar-refractivity contribution is 0.451. The highest BCUT2D eigenvalue weighted by Gasteiger charge is 2.14. The molecule has 0 amide bonds. The summed E-state index contributed by atoms with van der Waals surface area (Å²) in [5, 5.41) is 8.15. The lowest BCUT2D eigenvalue weighted by atomic mass is 10.0. The highest BCUT2D eigenvalue weighted by atomic mass is 19.1. The Balaban J connectivity index is 2.13. The normalized spacial score (nSPS) is 16.4. The Morgan fingerprint density at radius 2 is 2.31 bits per heavy atom. The van der Waals surface area contributed by atoms with Crippen molar-refractivity contribution in [3.05, 3.63) is 35.8 Å². The van der Waals surface area contributed by atoms with Gasteiger partial charge in [0.2, 0.25) is 0 Å². The number of hydrogen-bond acceptors (Lipinski definition) is 3. The zero-order chi connectivity index (χ0) is 11.0. The fourth-order valence-corrected chi connectivity index (χ4v) is 1.98. The molecule has 4 heteroatoms. The molecule has 0 bridgehead atoms. The van der Waals surface area contributed by atoms with E-state index in [2.05, 4.69) is 16.5 Å². The van der Waals surface area contributed by atoms with E-state index in [0.717, 1.165) is 30.6 Å². The summed E-state index contributed by atoms with van der Waals surface area (Å²) in [6.45, 7) is 1.80. The molecule has 0 fully saturated rings. The lowest BCUT2D eigenvalue weighted by Crippen LogP contribution is -2.20. The van der Waals surface area contributed by atoms with Crippen LogP contribution in [0.3, 0.4) is 0 Å². The molecule has 0 saturated heterocycles. The molecule has 1 aromatic carbocycles. The average Bonchev–Trinajstić information content (AvgIpc) is 2.73. The summed E-state index contributed by atoms with van der Waals surface area (Å²) in [4.78, 5) is 0. The van der Waals surface area contributed by atoms with Crippen molar-refractivity contribution in [3.63, 3.8) is 0 Å².